The fourth-order valence-electron chi connectivity index (χ4n) is 2.66. The summed E-state index contributed by atoms with van der Waals surface area (Å²) in [6, 6.07) is 0.487. The average molecular weight is 238 g/mol. The van der Waals surface area contributed by atoms with Gasteiger partial charge in [0.05, 0.1) is 6.54 Å². The Morgan fingerprint density at radius 3 is 2.41 bits per heavy atom. The zero-order chi connectivity index (χ0) is 12.3. The summed E-state index contributed by atoms with van der Waals surface area (Å²) in [5, 5.41) is 3.28. The summed E-state index contributed by atoms with van der Waals surface area (Å²) in [6.45, 7) is 3.87. The maximum atomic E-state index is 12.0. The van der Waals surface area contributed by atoms with E-state index in [0.717, 1.165) is 18.4 Å². The van der Waals surface area contributed by atoms with E-state index in [0.29, 0.717) is 12.6 Å². The van der Waals surface area contributed by atoms with Crippen LogP contribution < -0.4 is 5.32 Å². The van der Waals surface area contributed by atoms with Crippen molar-refractivity contribution < 1.29 is 4.79 Å². The second kappa shape index (κ2) is 5.85. The molecule has 0 heterocycles. The lowest BCUT2D eigenvalue weighted by molar-refractivity contribution is -0.131. The van der Waals surface area contributed by atoms with E-state index in [1.807, 2.05) is 11.9 Å². The van der Waals surface area contributed by atoms with Gasteiger partial charge in [-0.25, -0.2) is 0 Å². The van der Waals surface area contributed by atoms with Gasteiger partial charge in [0.25, 0.3) is 0 Å². The van der Waals surface area contributed by atoms with Crippen molar-refractivity contribution in [3.63, 3.8) is 0 Å². The Kier molecular flexibility index (Phi) is 4.43. The molecule has 0 saturated heterocycles. The van der Waals surface area contributed by atoms with Crippen molar-refractivity contribution >= 4 is 5.91 Å². The van der Waals surface area contributed by atoms with E-state index in [1.54, 1.807) is 0 Å². The van der Waals surface area contributed by atoms with Crippen LogP contribution in [0.15, 0.2) is 0 Å². The van der Waals surface area contributed by atoms with Gasteiger partial charge in [-0.15, -0.1) is 0 Å². The first-order valence-corrected chi connectivity index (χ1v) is 7.13. The third-order valence-electron chi connectivity index (χ3n) is 4.33. The molecule has 3 heteroatoms. The number of hydrogen-bond donors (Lipinski definition) is 1. The molecule has 2 saturated carbocycles. The summed E-state index contributed by atoms with van der Waals surface area (Å²) in [7, 11) is 1.97. The predicted octanol–water partition coefficient (Wildman–Crippen LogP) is 2.02. The molecule has 2 aliphatic rings. The number of carbonyl (C=O) groups excluding carboxylic acids is 1. The zero-order valence-corrected chi connectivity index (χ0v) is 11.2. The number of nitrogens with one attached hydrogen (secondary N) is 1. The van der Waals surface area contributed by atoms with Crippen molar-refractivity contribution in [3.8, 4) is 0 Å². The number of hydrogen-bond acceptors (Lipinski definition) is 2. The number of amides is 1. The Morgan fingerprint density at radius 1 is 1.18 bits per heavy atom. The quantitative estimate of drug-likeness (QED) is 0.795. The predicted molar refractivity (Wildman–Crippen MR) is 69.8 cm³/mol. The van der Waals surface area contributed by atoms with Crippen LogP contribution in [-0.2, 0) is 4.79 Å². The zero-order valence-electron chi connectivity index (χ0n) is 11.2. The van der Waals surface area contributed by atoms with Crippen LogP contribution >= 0.6 is 0 Å². The van der Waals surface area contributed by atoms with E-state index in [4.69, 9.17) is 0 Å². The minimum absolute atomic E-state index is 0.269. The van der Waals surface area contributed by atoms with Gasteiger partial charge in [-0.2, -0.15) is 0 Å². The molecule has 1 N–H and O–H groups in total. The van der Waals surface area contributed by atoms with Crippen molar-refractivity contribution in [1.82, 2.24) is 10.2 Å². The Bertz CT molecular complexity index is 255. The highest BCUT2D eigenvalue weighted by Gasteiger charge is 2.25. The highest BCUT2D eigenvalue weighted by Crippen LogP contribution is 2.28. The number of nitrogens with zero attached hydrogens (tertiary/aromatic N) is 1. The third kappa shape index (κ3) is 3.98. The molecule has 17 heavy (non-hydrogen) atoms. The third-order valence-corrected chi connectivity index (χ3v) is 4.33. The molecule has 0 spiro atoms. The summed E-state index contributed by atoms with van der Waals surface area (Å²) in [6.07, 6.45) is 7.61. The molecule has 0 unspecified atom stereocenters. The van der Waals surface area contributed by atoms with E-state index in [9.17, 15) is 4.79 Å². The average Bonchev–Trinajstić information content (AvgIpc) is 3.13. The fraction of sp³-hybridized carbons (Fsp3) is 0.929. The van der Waals surface area contributed by atoms with Crippen LogP contribution in [0.1, 0.15) is 45.4 Å². The summed E-state index contributed by atoms with van der Waals surface area (Å²) < 4.78 is 0. The van der Waals surface area contributed by atoms with Gasteiger partial charge >= 0.3 is 0 Å². The van der Waals surface area contributed by atoms with E-state index < -0.39 is 0 Å². The molecular weight excluding hydrogens is 212 g/mol. The van der Waals surface area contributed by atoms with Gasteiger partial charge in [-0.05, 0) is 56.9 Å². The van der Waals surface area contributed by atoms with Crippen molar-refractivity contribution in [3.05, 3.63) is 0 Å². The van der Waals surface area contributed by atoms with Crippen molar-refractivity contribution in [2.24, 2.45) is 11.8 Å². The maximum Gasteiger partial charge on any atom is 0.236 e. The molecular formula is C14H26N2O. The molecule has 0 bridgehead atoms. The number of likely N-dealkylation sites (N-methyl/N-ethyl adjacent to an activating group) is 1. The normalized spacial score (nSPS) is 29.1. The van der Waals surface area contributed by atoms with E-state index in [1.165, 1.54) is 38.5 Å². The Balaban J connectivity index is 1.66. The SMILES string of the molecule is CC1CCC(N(C)C(=O)CNCC2CC2)CC1. The lowest BCUT2D eigenvalue weighted by Gasteiger charge is -2.33. The van der Waals surface area contributed by atoms with Crippen molar-refractivity contribution in [1.29, 1.82) is 0 Å². The van der Waals surface area contributed by atoms with Crippen LogP contribution in [0, 0.1) is 11.8 Å². The van der Waals surface area contributed by atoms with Crippen LogP contribution in [0.5, 0.6) is 0 Å². The topological polar surface area (TPSA) is 32.3 Å². The lowest BCUT2D eigenvalue weighted by Crippen LogP contribution is -2.43. The first kappa shape index (κ1) is 12.9. The molecule has 0 atom stereocenters. The van der Waals surface area contributed by atoms with E-state index in [2.05, 4.69) is 12.2 Å². The van der Waals surface area contributed by atoms with Gasteiger partial charge in [0.2, 0.25) is 5.91 Å². The van der Waals surface area contributed by atoms with E-state index >= 15 is 0 Å². The molecule has 0 aromatic heterocycles. The van der Waals surface area contributed by atoms with Gasteiger partial charge in [0.1, 0.15) is 0 Å². The monoisotopic (exact) mass is 238 g/mol. The molecule has 2 aliphatic carbocycles. The first-order valence-electron chi connectivity index (χ1n) is 7.13. The van der Waals surface area contributed by atoms with Crippen molar-refractivity contribution in [2.75, 3.05) is 20.1 Å². The Hall–Kier alpha value is -0.570. The second-order valence-corrected chi connectivity index (χ2v) is 5.99. The smallest absolute Gasteiger partial charge is 0.236 e. The van der Waals surface area contributed by atoms with Gasteiger partial charge in [0, 0.05) is 13.1 Å². The van der Waals surface area contributed by atoms with Gasteiger partial charge in [-0.3, -0.25) is 4.79 Å². The molecule has 0 aromatic rings. The minimum Gasteiger partial charge on any atom is -0.342 e. The van der Waals surface area contributed by atoms with Crippen LogP contribution in [0.25, 0.3) is 0 Å². The highest BCUT2D eigenvalue weighted by molar-refractivity contribution is 5.78. The number of carbonyl (C=O) groups is 1. The standard InChI is InChI=1S/C14H26N2O/c1-11-3-7-13(8-4-11)16(2)14(17)10-15-9-12-5-6-12/h11-13,15H,3-10H2,1-2H3. The van der Waals surface area contributed by atoms with Gasteiger partial charge < -0.3 is 10.2 Å². The lowest BCUT2D eigenvalue weighted by atomic mass is 9.87. The molecule has 1 amide bonds. The molecule has 2 fully saturated rings. The van der Waals surface area contributed by atoms with Crippen molar-refractivity contribution in [2.45, 2.75) is 51.5 Å². The maximum absolute atomic E-state index is 12.0. The summed E-state index contributed by atoms with van der Waals surface area (Å²) in [5.74, 6) is 1.97. The molecule has 2 rings (SSSR count). The summed E-state index contributed by atoms with van der Waals surface area (Å²) >= 11 is 0. The van der Waals surface area contributed by atoms with Gasteiger partial charge in [-0.1, -0.05) is 6.92 Å². The molecule has 0 radical (unpaired) electrons. The highest BCUT2D eigenvalue weighted by atomic mass is 16.2. The fourth-order valence-corrected chi connectivity index (χ4v) is 2.66. The number of rotatable bonds is 5. The Labute approximate surface area is 105 Å². The second-order valence-electron chi connectivity index (χ2n) is 5.99. The first-order chi connectivity index (χ1) is 8.16. The van der Waals surface area contributed by atoms with Crippen LogP contribution in [0.2, 0.25) is 0 Å². The van der Waals surface area contributed by atoms with Gasteiger partial charge in [0.15, 0.2) is 0 Å². The molecule has 0 aliphatic heterocycles. The van der Waals surface area contributed by atoms with Crippen LogP contribution in [0.3, 0.4) is 0 Å². The summed E-state index contributed by atoms with van der Waals surface area (Å²) in [5.41, 5.74) is 0. The minimum atomic E-state index is 0.269. The molecule has 0 aromatic carbocycles. The van der Waals surface area contributed by atoms with Crippen LogP contribution in [-0.4, -0.2) is 37.0 Å². The Morgan fingerprint density at radius 2 is 1.82 bits per heavy atom. The van der Waals surface area contributed by atoms with Crippen LogP contribution in [0.4, 0.5) is 0 Å². The summed E-state index contributed by atoms with van der Waals surface area (Å²) in [4.78, 5) is 14.0. The largest absolute Gasteiger partial charge is 0.342 e. The molecule has 3 nitrogen and oxygen atoms in total. The molecule has 98 valence electrons. The van der Waals surface area contributed by atoms with E-state index in [-0.39, 0.29) is 5.91 Å².